The van der Waals surface area contributed by atoms with E-state index in [0.717, 1.165) is 33.8 Å². The molecule has 0 aliphatic rings. The number of imidazole rings is 1. The summed E-state index contributed by atoms with van der Waals surface area (Å²) in [6.07, 6.45) is 5.31. The second kappa shape index (κ2) is 13.6. The van der Waals surface area contributed by atoms with Crippen LogP contribution < -0.4 is 9.47 Å². The van der Waals surface area contributed by atoms with Gasteiger partial charge in [-0.15, -0.1) is 0 Å². The van der Waals surface area contributed by atoms with Crippen LogP contribution in [0.5, 0.6) is 11.5 Å². The van der Waals surface area contributed by atoms with Crippen molar-refractivity contribution in [1.82, 2.24) is 9.55 Å². The molecule has 0 amide bonds. The third kappa shape index (κ3) is 6.94. The average molecular weight is 614 g/mol. The molecular weight excluding hydrogens is 583 g/mol. The van der Waals surface area contributed by atoms with Crippen LogP contribution >= 0.6 is 23.2 Å². The maximum absolute atomic E-state index is 12.0. The lowest BCUT2D eigenvalue weighted by Gasteiger charge is -2.18. The highest BCUT2D eigenvalue weighted by Gasteiger charge is 2.16. The monoisotopic (exact) mass is 612 g/mol. The molecule has 0 aliphatic heterocycles. The molecule has 6 nitrogen and oxygen atoms in total. The second-order valence-corrected chi connectivity index (χ2v) is 10.5. The number of rotatable bonds is 10. The van der Waals surface area contributed by atoms with Crippen molar-refractivity contribution >= 4 is 35.2 Å². The van der Waals surface area contributed by atoms with Gasteiger partial charge in [-0.05, 0) is 72.7 Å². The molecule has 1 heterocycles. The topological polar surface area (TPSA) is 62.6 Å². The molecule has 1 unspecified atom stereocenters. The van der Waals surface area contributed by atoms with Crippen molar-refractivity contribution in [3.8, 4) is 33.9 Å². The van der Waals surface area contributed by atoms with Gasteiger partial charge >= 0.3 is 5.97 Å². The van der Waals surface area contributed by atoms with Crippen LogP contribution in [-0.4, -0.2) is 29.7 Å². The summed E-state index contributed by atoms with van der Waals surface area (Å²) in [7, 11) is 3.00. The molecule has 5 rings (SSSR count). The molecule has 0 spiro atoms. The number of carbonyl (C=O) groups is 1. The van der Waals surface area contributed by atoms with Crippen molar-refractivity contribution < 1.29 is 19.0 Å². The number of methoxy groups -OCH3 is 2. The first-order valence-corrected chi connectivity index (χ1v) is 14.4. The molecule has 218 valence electrons. The minimum atomic E-state index is -0.511. The highest BCUT2D eigenvalue weighted by molar-refractivity contribution is 6.36. The lowest BCUT2D eigenvalue weighted by Crippen LogP contribution is -2.07. The molecule has 0 saturated heterocycles. The zero-order valence-electron chi connectivity index (χ0n) is 24.0. The van der Waals surface area contributed by atoms with E-state index in [-0.39, 0.29) is 0 Å². The molecule has 1 atom stereocenters. The predicted molar refractivity (Wildman–Crippen MR) is 172 cm³/mol. The number of esters is 1. The molecule has 0 N–H and O–H groups in total. The van der Waals surface area contributed by atoms with E-state index >= 15 is 0 Å². The van der Waals surface area contributed by atoms with E-state index in [9.17, 15) is 4.79 Å². The molecular formula is C35H30Cl2N2O4. The Hall–Kier alpha value is -4.52. The minimum absolute atomic E-state index is 0.404. The normalized spacial score (nSPS) is 11.8. The van der Waals surface area contributed by atoms with Crippen molar-refractivity contribution in [1.29, 1.82) is 0 Å². The van der Waals surface area contributed by atoms with Gasteiger partial charge in [-0.3, -0.25) is 0 Å². The Morgan fingerprint density at radius 2 is 1.67 bits per heavy atom. The Balaban J connectivity index is 1.50. The Morgan fingerprint density at radius 3 is 2.35 bits per heavy atom. The van der Waals surface area contributed by atoms with Gasteiger partial charge in [0, 0.05) is 35.0 Å². The maximum atomic E-state index is 12.0. The molecule has 0 fully saturated rings. The van der Waals surface area contributed by atoms with Gasteiger partial charge in [-0.25, -0.2) is 9.78 Å². The van der Waals surface area contributed by atoms with Gasteiger partial charge in [0.1, 0.15) is 23.4 Å². The Morgan fingerprint density at radius 1 is 0.930 bits per heavy atom. The van der Waals surface area contributed by atoms with Crippen LogP contribution in [-0.2, 0) is 11.3 Å². The van der Waals surface area contributed by atoms with Crippen LogP contribution in [0.2, 0.25) is 10.0 Å². The average Bonchev–Trinajstić information content (AvgIpc) is 3.45. The summed E-state index contributed by atoms with van der Waals surface area (Å²) in [6, 6.07) is 28.3. The van der Waals surface area contributed by atoms with E-state index in [1.807, 2.05) is 96.6 Å². The Labute approximate surface area is 261 Å². The van der Waals surface area contributed by atoms with Gasteiger partial charge in [0.2, 0.25) is 0 Å². The zero-order chi connectivity index (χ0) is 30.3. The third-order valence-electron chi connectivity index (χ3n) is 6.96. The molecule has 0 saturated carbocycles. The van der Waals surface area contributed by atoms with E-state index in [2.05, 4.69) is 0 Å². The number of halogens is 2. The standard InChI is InChI=1S/C35H30Cl2N2O4/c1-4-39-22-31(29-16-14-26(36)20-30(29)37)38-34(39)19-18-32(24-10-12-25(13-11-24)35(40)42-3)43-27-15-17-28(33(21-27)41-2)23-8-6-5-7-9-23/h5-22,32H,4H2,1-3H3/b19-18+. The molecule has 1 aromatic heterocycles. The molecule has 4 aromatic carbocycles. The Bertz CT molecular complexity index is 1750. The third-order valence-corrected chi connectivity index (χ3v) is 7.50. The highest BCUT2D eigenvalue weighted by atomic mass is 35.5. The van der Waals surface area contributed by atoms with Crippen LogP contribution in [0.4, 0.5) is 0 Å². The van der Waals surface area contributed by atoms with Gasteiger partial charge < -0.3 is 18.8 Å². The summed E-state index contributed by atoms with van der Waals surface area (Å²) in [5.74, 6) is 1.65. The lowest BCUT2D eigenvalue weighted by atomic mass is 10.0. The smallest absolute Gasteiger partial charge is 0.337 e. The summed E-state index contributed by atoms with van der Waals surface area (Å²) in [5.41, 5.74) is 4.83. The van der Waals surface area contributed by atoms with E-state index in [1.165, 1.54) is 7.11 Å². The first-order chi connectivity index (χ1) is 20.9. The van der Waals surface area contributed by atoms with Gasteiger partial charge in [-0.1, -0.05) is 65.7 Å². The van der Waals surface area contributed by atoms with Crippen molar-refractivity contribution in [2.75, 3.05) is 14.2 Å². The van der Waals surface area contributed by atoms with Crippen molar-refractivity contribution in [2.45, 2.75) is 19.6 Å². The fraction of sp³-hybridized carbons (Fsp3) is 0.143. The predicted octanol–water partition coefficient (Wildman–Crippen LogP) is 9.17. The van der Waals surface area contributed by atoms with Crippen LogP contribution in [0.15, 0.2) is 103 Å². The molecule has 0 bridgehead atoms. The number of ether oxygens (including phenoxy) is 3. The van der Waals surface area contributed by atoms with E-state index in [1.54, 1.807) is 31.4 Å². The summed E-state index contributed by atoms with van der Waals surface area (Å²) in [4.78, 5) is 16.9. The lowest BCUT2D eigenvalue weighted by molar-refractivity contribution is 0.0600. The van der Waals surface area contributed by atoms with Crippen LogP contribution in [0.3, 0.4) is 0 Å². The first-order valence-electron chi connectivity index (χ1n) is 13.7. The largest absolute Gasteiger partial charge is 0.496 e. The molecule has 5 aromatic rings. The number of carbonyl (C=O) groups excluding carboxylic acids is 1. The van der Waals surface area contributed by atoms with Crippen LogP contribution in [0.25, 0.3) is 28.5 Å². The summed E-state index contributed by atoms with van der Waals surface area (Å²) < 4.78 is 19.1. The molecule has 43 heavy (non-hydrogen) atoms. The number of nitrogens with zero attached hydrogens (tertiary/aromatic N) is 2. The van der Waals surface area contributed by atoms with Gasteiger partial charge in [-0.2, -0.15) is 0 Å². The Kier molecular flexibility index (Phi) is 9.50. The minimum Gasteiger partial charge on any atom is -0.496 e. The second-order valence-electron chi connectivity index (χ2n) is 9.63. The number of hydrogen-bond donors (Lipinski definition) is 0. The van der Waals surface area contributed by atoms with Crippen molar-refractivity contribution in [2.24, 2.45) is 0 Å². The summed E-state index contributed by atoms with van der Waals surface area (Å²) in [5, 5.41) is 1.10. The van der Waals surface area contributed by atoms with Gasteiger partial charge in [0.05, 0.1) is 30.5 Å². The quantitative estimate of drug-likeness (QED) is 0.147. The molecule has 0 aliphatic carbocycles. The number of aryl methyl sites for hydroxylation is 1. The van der Waals surface area contributed by atoms with E-state index in [0.29, 0.717) is 33.7 Å². The van der Waals surface area contributed by atoms with E-state index in [4.69, 9.17) is 42.4 Å². The number of benzene rings is 4. The van der Waals surface area contributed by atoms with Crippen LogP contribution in [0.1, 0.15) is 34.8 Å². The van der Waals surface area contributed by atoms with Crippen LogP contribution in [0, 0.1) is 0 Å². The first kappa shape index (κ1) is 30.0. The molecule has 0 radical (unpaired) electrons. The summed E-state index contributed by atoms with van der Waals surface area (Å²) >= 11 is 12.6. The zero-order valence-corrected chi connectivity index (χ0v) is 25.5. The molecule has 8 heteroatoms. The van der Waals surface area contributed by atoms with Crippen molar-refractivity contribution in [3.63, 3.8) is 0 Å². The number of hydrogen-bond acceptors (Lipinski definition) is 5. The summed E-state index contributed by atoms with van der Waals surface area (Å²) in [6.45, 7) is 2.75. The van der Waals surface area contributed by atoms with Crippen molar-refractivity contribution in [3.05, 3.63) is 130 Å². The SMILES string of the molecule is CCn1cc(-c2ccc(Cl)cc2Cl)nc1/C=C/C(Oc1ccc(-c2ccccc2)c(OC)c1)c1ccc(C(=O)OC)cc1. The van der Waals surface area contributed by atoms with Gasteiger partial charge in [0.15, 0.2) is 0 Å². The van der Waals surface area contributed by atoms with Gasteiger partial charge in [0.25, 0.3) is 0 Å². The van der Waals surface area contributed by atoms with E-state index < -0.39 is 12.1 Å². The number of aromatic nitrogens is 2. The fourth-order valence-electron chi connectivity index (χ4n) is 4.71. The fourth-order valence-corrected chi connectivity index (χ4v) is 5.22. The maximum Gasteiger partial charge on any atom is 0.337 e. The highest BCUT2D eigenvalue weighted by Crippen LogP contribution is 2.35.